The topological polar surface area (TPSA) is 240 Å². The number of halogens is 2. The molecule has 3 amide bonds. The predicted molar refractivity (Wildman–Crippen MR) is 291 cm³/mol. The van der Waals surface area contributed by atoms with Crippen LogP contribution in [0.15, 0.2) is 90.8 Å². The lowest BCUT2D eigenvalue weighted by molar-refractivity contribution is -0.143. The fourth-order valence-electron chi connectivity index (χ4n) is 8.93. The van der Waals surface area contributed by atoms with E-state index in [2.05, 4.69) is 46.4 Å². The summed E-state index contributed by atoms with van der Waals surface area (Å²) < 4.78 is 47.5. The number of hydrogen-bond donors (Lipinski definition) is 6. The van der Waals surface area contributed by atoms with Crippen molar-refractivity contribution >= 4 is 34.7 Å². The number of aryl methyl sites for hydroxylation is 1. The predicted octanol–water partition coefficient (Wildman–Crippen LogP) is 6.59. The van der Waals surface area contributed by atoms with E-state index in [0.717, 1.165) is 59.5 Å². The molecule has 6 aromatic rings. The Hall–Kier alpha value is -6.66. The van der Waals surface area contributed by atoms with Crippen LogP contribution in [0.3, 0.4) is 0 Å². The first-order valence-electron chi connectivity index (χ1n) is 26.3. The SMILES string of the molecule is Cc1ncsc1-c1ccc(CN[C@@H](O)C2C[C@@H](O)CN2C(=O)[C@@H](NC(=O)COCCOCCCCCCOCCCn2c(CNc3cccc(C(=O)NCc4c(F)cccc4F)c3)nnc2-c2ccncn2)C(C)(C)C)cc1. The number of ether oxygens (including phenoxy) is 3. The maximum absolute atomic E-state index is 14.1. The lowest BCUT2D eigenvalue weighted by atomic mass is 9.85. The van der Waals surface area contributed by atoms with Gasteiger partial charge in [-0.1, -0.05) is 70.0 Å². The Morgan fingerprint density at radius 2 is 1.56 bits per heavy atom. The van der Waals surface area contributed by atoms with Crippen LogP contribution in [0.5, 0.6) is 0 Å². The molecule has 0 radical (unpaired) electrons. The van der Waals surface area contributed by atoms with Gasteiger partial charge >= 0.3 is 0 Å². The van der Waals surface area contributed by atoms with Gasteiger partial charge in [-0.2, -0.15) is 0 Å². The summed E-state index contributed by atoms with van der Waals surface area (Å²) in [6.07, 6.45) is 5.71. The zero-order valence-electron chi connectivity index (χ0n) is 44.6. The van der Waals surface area contributed by atoms with E-state index in [4.69, 9.17) is 14.2 Å². The van der Waals surface area contributed by atoms with E-state index in [9.17, 15) is 33.4 Å². The molecule has 1 fully saturated rings. The van der Waals surface area contributed by atoms with E-state index in [1.807, 2.05) is 62.0 Å². The largest absolute Gasteiger partial charge is 0.391 e. The smallest absolute Gasteiger partial charge is 0.251 e. The molecule has 1 aliphatic heterocycles. The average Bonchev–Trinajstić information content (AvgIpc) is 4.19. The third kappa shape index (κ3) is 17.2. The van der Waals surface area contributed by atoms with Crippen molar-refractivity contribution in [3.63, 3.8) is 0 Å². The van der Waals surface area contributed by atoms with Gasteiger partial charge in [-0.15, -0.1) is 21.5 Å². The average molecular weight is 1100 g/mol. The molecule has 1 saturated heterocycles. The molecule has 0 aliphatic carbocycles. The van der Waals surface area contributed by atoms with Crippen LogP contribution >= 0.6 is 11.3 Å². The minimum atomic E-state index is -1.11. The lowest BCUT2D eigenvalue weighted by Gasteiger charge is -2.37. The number of nitrogens with zero attached hydrogens (tertiary/aromatic N) is 7. The fourth-order valence-corrected chi connectivity index (χ4v) is 9.75. The third-order valence-electron chi connectivity index (χ3n) is 13.2. The number of nitrogens with one attached hydrogen (secondary N) is 4. The number of hydrogen-bond acceptors (Lipinski definition) is 16. The number of amides is 3. The number of carbonyl (C=O) groups is 3. The molecule has 3 aromatic carbocycles. The van der Waals surface area contributed by atoms with Gasteiger partial charge in [0.1, 0.15) is 42.5 Å². The number of anilines is 1. The second kappa shape index (κ2) is 29.4. The minimum Gasteiger partial charge on any atom is -0.391 e. The zero-order valence-corrected chi connectivity index (χ0v) is 45.4. The molecule has 4 atom stereocenters. The molecule has 6 N–H and O–H groups in total. The Morgan fingerprint density at radius 3 is 2.27 bits per heavy atom. The number of benzene rings is 3. The number of aliphatic hydroxyl groups is 2. The van der Waals surface area contributed by atoms with E-state index in [1.165, 1.54) is 17.3 Å². The number of thiazole rings is 1. The van der Waals surface area contributed by atoms with E-state index in [1.54, 1.807) is 47.9 Å². The molecule has 0 spiro atoms. The molecule has 22 heteroatoms. The van der Waals surface area contributed by atoms with Crippen molar-refractivity contribution < 1.29 is 47.6 Å². The van der Waals surface area contributed by atoms with Gasteiger partial charge in [-0.3, -0.25) is 19.7 Å². The number of carbonyl (C=O) groups excluding carboxylic acids is 3. The molecular weight excluding hydrogens is 1020 g/mol. The summed E-state index contributed by atoms with van der Waals surface area (Å²) >= 11 is 1.58. The van der Waals surface area contributed by atoms with Crippen LogP contribution in [0.2, 0.25) is 0 Å². The summed E-state index contributed by atoms with van der Waals surface area (Å²) in [6.45, 7) is 10.4. The molecule has 4 heterocycles. The van der Waals surface area contributed by atoms with Crippen molar-refractivity contribution in [1.82, 2.24) is 50.6 Å². The number of β-amino-alcohol motifs (C(OH)–C–C–N with tert-alkyl or cyclic N) is 1. The van der Waals surface area contributed by atoms with Crippen molar-refractivity contribution in [2.45, 2.75) is 117 Å². The van der Waals surface area contributed by atoms with E-state index >= 15 is 0 Å². The number of unbranched alkanes of at least 4 members (excludes halogenated alkanes) is 3. The Balaban J connectivity index is 0.746. The van der Waals surface area contributed by atoms with Crippen molar-refractivity contribution in [1.29, 1.82) is 0 Å². The normalized spacial score (nSPS) is 15.3. The van der Waals surface area contributed by atoms with Crippen LogP contribution in [0.4, 0.5) is 14.5 Å². The van der Waals surface area contributed by atoms with Gasteiger partial charge in [0.2, 0.25) is 11.8 Å². The minimum absolute atomic E-state index is 0.0396. The van der Waals surface area contributed by atoms with Crippen LogP contribution in [-0.4, -0.2) is 133 Å². The highest BCUT2D eigenvalue weighted by Gasteiger charge is 2.44. The summed E-state index contributed by atoms with van der Waals surface area (Å²) in [7, 11) is 0. The first kappa shape index (κ1) is 59.0. The van der Waals surface area contributed by atoms with Crippen LogP contribution in [0, 0.1) is 24.0 Å². The molecule has 0 bridgehead atoms. The summed E-state index contributed by atoms with van der Waals surface area (Å²) in [4.78, 5) is 55.3. The Labute approximate surface area is 457 Å². The van der Waals surface area contributed by atoms with Gasteiger partial charge in [-0.05, 0) is 85.5 Å². The molecule has 1 unspecified atom stereocenters. The maximum atomic E-state index is 14.1. The number of aromatic nitrogens is 6. The first-order chi connectivity index (χ1) is 37.7. The monoisotopic (exact) mass is 1100 g/mol. The second-order valence-corrected chi connectivity index (χ2v) is 21.0. The highest BCUT2D eigenvalue weighted by atomic mass is 32.1. The summed E-state index contributed by atoms with van der Waals surface area (Å²) in [6, 6.07) is 18.5. The van der Waals surface area contributed by atoms with E-state index in [0.29, 0.717) is 74.5 Å². The fraction of sp³-hybridized carbons (Fsp3) is 0.464. The lowest BCUT2D eigenvalue weighted by Crippen LogP contribution is -2.59. The van der Waals surface area contributed by atoms with Gasteiger partial charge in [0, 0.05) is 69.0 Å². The number of aliphatic hydroxyl groups excluding tert-OH is 2. The molecule has 1 aliphatic rings. The van der Waals surface area contributed by atoms with Crippen LogP contribution < -0.4 is 21.3 Å². The molecule has 3 aromatic heterocycles. The Kier molecular flexibility index (Phi) is 22.2. The van der Waals surface area contributed by atoms with Gasteiger partial charge in [0.05, 0.1) is 48.0 Å². The quantitative estimate of drug-likeness (QED) is 0.0206. The zero-order chi connectivity index (χ0) is 55.4. The van der Waals surface area contributed by atoms with E-state index in [-0.39, 0.29) is 50.7 Å². The first-order valence-corrected chi connectivity index (χ1v) is 27.2. The molecule has 19 nitrogen and oxygen atoms in total. The standard InChI is InChI=1S/C56H71F2N11O8S/c1-37-50(78-36-64-37)39-18-16-38(17-19-39)30-61-54(73)47-29-42(70)33-69(47)55(74)51(56(2,3)4)65-49(71)34-77-27-26-76-24-8-6-5-7-23-75-25-11-22-68-48(66-67-52(68)46-20-21-59-35-63-46)32-60-41-13-9-12-40(28-41)53(72)62-31-43-44(57)14-10-15-45(43)58/h9-10,12-21,28,35-36,42,47,51,54,60-61,70,73H,5-8,11,22-27,29-34H2,1-4H3,(H,62,72)(H,65,71)/t42-,47?,51-,54+/m1/s1. The number of likely N-dealkylation sites (tertiary alicyclic amines) is 1. The van der Waals surface area contributed by atoms with Gasteiger partial charge < -0.3 is 49.8 Å². The Bertz CT molecular complexity index is 2830. The van der Waals surface area contributed by atoms with Gasteiger partial charge in [0.15, 0.2) is 11.6 Å². The summed E-state index contributed by atoms with van der Waals surface area (Å²) in [5.41, 5.74) is 5.50. The van der Waals surface area contributed by atoms with Gasteiger partial charge in [0.25, 0.3) is 5.91 Å². The number of rotatable bonds is 30. The summed E-state index contributed by atoms with van der Waals surface area (Å²) in [5.74, 6) is -1.55. The van der Waals surface area contributed by atoms with Crippen LogP contribution in [0.25, 0.3) is 22.0 Å². The third-order valence-corrected chi connectivity index (χ3v) is 14.1. The van der Waals surface area contributed by atoms with Crippen molar-refractivity contribution in [2.24, 2.45) is 5.41 Å². The molecular formula is C56H71F2N11O8S. The van der Waals surface area contributed by atoms with E-state index < -0.39 is 53.3 Å². The maximum Gasteiger partial charge on any atom is 0.251 e. The Morgan fingerprint density at radius 1 is 0.846 bits per heavy atom. The van der Waals surface area contributed by atoms with Crippen molar-refractivity contribution in [3.05, 3.63) is 131 Å². The molecule has 78 heavy (non-hydrogen) atoms. The van der Waals surface area contributed by atoms with Crippen LogP contribution in [-0.2, 0) is 50.0 Å². The van der Waals surface area contributed by atoms with Crippen molar-refractivity contribution in [2.75, 3.05) is 51.5 Å². The molecule has 7 rings (SSSR count). The molecule has 0 saturated carbocycles. The summed E-state index contributed by atoms with van der Waals surface area (Å²) in [5, 5.41) is 42.5. The highest BCUT2D eigenvalue weighted by molar-refractivity contribution is 7.13. The van der Waals surface area contributed by atoms with Crippen molar-refractivity contribution in [3.8, 4) is 22.0 Å². The second-order valence-electron chi connectivity index (χ2n) is 20.2. The van der Waals surface area contributed by atoms with Crippen LogP contribution in [0.1, 0.15) is 92.3 Å². The molecule has 418 valence electrons. The highest BCUT2D eigenvalue weighted by Crippen LogP contribution is 2.29. The van der Waals surface area contributed by atoms with Gasteiger partial charge in [-0.25, -0.2) is 23.7 Å².